The predicted octanol–water partition coefficient (Wildman–Crippen LogP) is 4.86. The number of rotatable bonds is 17. The van der Waals surface area contributed by atoms with Gasteiger partial charge in [0.1, 0.15) is 25.7 Å². The maximum Gasteiger partial charge on any atom is 0.338 e. The van der Waals surface area contributed by atoms with Gasteiger partial charge in [0.2, 0.25) is 0 Å². The molecule has 0 amide bonds. The lowest BCUT2D eigenvalue weighted by molar-refractivity contribution is -0.120. The van der Waals surface area contributed by atoms with E-state index in [-0.39, 0.29) is 13.4 Å². The van der Waals surface area contributed by atoms with Crippen LogP contribution in [0.1, 0.15) is 79.9 Å². The molecule has 0 spiro atoms. The van der Waals surface area contributed by atoms with Crippen molar-refractivity contribution in [3.63, 3.8) is 0 Å². The fraction of sp³-hybridized carbons (Fsp3) is 0.607. The van der Waals surface area contributed by atoms with Crippen LogP contribution in [-0.4, -0.2) is 53.1 Å². The van der Waals surface area contributed by atoms with Gasteiger partial charge in [-0.1, -0.05) is 72.7 Å². The standard InChI is InChI=1S/C28H39BrN2O7/c1-21-18-31(28(34)30-26(21)32)25-17-23(24(38-25)19-36-27(33)22-13-9-8-10-14-22)37-20-35-16-12-7-5-3-2-4-6-11-15-29/h8-10,13-14,18,23-25H,2-7,11-12,15-17,19-20H2,1H3,(H,30,32,34)/t23-,24+,25+/m0/s1. The zero-order chi connectivity index (χ0) is 27.2. The lowest BCUT2D eigenvalue weighted by atomic mass is 10.1. The molecule has 210 valence electrons. The molecule has 2 heterocycles. The third-order valence-electron chi connectivity index (χ3n) is 6.56. The Balaban J connectivity index is 1.46. The number of hydrogen-bond donors (Lipinski definition) is 1. The number of esters is 1. The largest absolute Gasteiger partial charge is 0.459 e. The number of unbranched alkanes of at least 4 members (excludes halogenated alkanes) is 7. The summed E-state index contributed by atoms with van der Waals surface area (Å²) in [5.74, 6) is -0.465. The molecule has 0 bridgehead atoms. The molecule has 1 aromatic carbocycles. The lowest BCUT2D eigenvalue weighted by Crippen LogP contribution is -2.33. The summed E-state index contributed by atoms with van der Waals surface area (Å²) in [6, 6.07) is 8.70. The van der Waals surface area contributed by atoms with Gasteiger partial charge >= 0.3 is 11.7 Å². The second kappa shape index (κ2) is 16.6. The Morgan fingerprint density at radius 2 is 1.74 bits per heavy atom. The first-order valence-electron chi connectivity index (χ1n) is 13.4. The molecule has 1 aliphatic heterocycles. The average molecular weight is 596 g/mol. The molecule has 0 unspecified atom stereocenters. The van der Waals surface area contributed by atoms with Crippen molar-refractivity contribution >= 4 is 21.9 Å². The van der Waals surface area contributed by atoms with Gasteiger partial charge < -0.3 is 18.9 Å². The van der Waals surface area contributed by atoms with Gasteiger partial charge in [0, 0.05) is 30.1 Å². The number of nitrogens with zero attached hydrogens (tertiary/aromatic N) is 1. The average Bonchev–Trinajstić information content (AvgIpc) is 3.33. The summed E-state index contributed by atoms with van der Waals surface area (Å²) in [5, 5.41) is 1.09. The van der Waals surface area contributed by atoms with Crippen molar-refractivity contribution in [3.8, 4) is 0 Å². The number of aromatic amines is 1. The van der Waals surface area contributed by atoms with Gasteiger partial charge in [-0.3, -0.25) is 14.3 Å². The molecule has 1 aromatic heterocycles. The Morgan fingerprint density at radius 3 is 2.45 bits per heavy atom. The van der Waals surface area contributed by atoms with E-state index in [1.807, 2.05) is 6.07 Å². The van der Waals surface area contributed by atoms with E-state index in [4.69, 9.17) is 18.9 Å². The van der Waals surface area contributed by atoms with Gasteiger partial charge in [0.05, 0.1) is 11.7 Å². The Hall–Kier alpha value is -2.27. The summed E-state index contributed by atoms with van der Waals surface area (Å²) in [6.45, 7) is 2.26. The van der Waals surface area contributed by atoms with E-state index in [9.17, 15) is 14.4 Å². The van der Waals surface area contributed by atoms with Crippen molar-refractivity contribution in [1.82, 2.24) is 9.55 Å². The summed E-state index contributed by atoms with van der Waals surface area (Å²) in [7, 11) is 0. The van der Waals surface area contributed by atoms with Crippen LogP contribution in [0.3, 0.4) is 0 Å². The van der Waals surface area contributed by atoms with Gasteiger partial charge in [0.15, 0.2) is 0 Å². The number of halogens is 1. The van der Waals surface area contributed by atoms with E-state index in [2.05, 4.69) is 20.9 Å². The van der Waals surface area contributed by atoms with Gasteiger partial charge in [-0.2, -0.15) is 0 Å². The zero-order valence-electron chi connectivity index (χ0n) is 22.1. The molecule has 0 saturated carbocycles. The van der Waals surface area contributed by atoms with Crippen molar-refractivity contribution in [2.45, 2.75) is 83.1 Å². The van der Waals surface area contributed by atoms with E-state index in [0.29, 0.717) is 24.2 Å². The first-order valence-corrected chi connectivity index (χ1v) is 14.6. The maximum atomic E-state index is 12.4. The highest BCUT2D eigenvalue weighted by Crippen LogP contribution is 2.30. The van der Waals surface area contributed by atoms with Crippen molar-refractivity contribution in [3.05, 3.63) is 68.5 Å². The number of carbonyl (C=O) groups is 1. The van der Waals surface area contributed by atoms with Crippen molar-refractivity contribution in [2.75, 3.05) is 25.3 Å². The topological polar surface area (TPSA) is 109 Å². The van der Waals surface area contributed by atoms with Crippen molar-refractivity contribution in [2.24, 2.45) is 0 Å². The van der Waals surface area contributed by atoms with Gasteiger partial charge in [0.25, 0.3) is 5.56 Å². The number of ether oxygens (including phenoxy) is 4. The number of aromatic nitrogens is 2. The van der Waals surface area contributed by atoms with E-state index in [0.717, 1.165) is 18.2 Å². The van der Waals surface area contributed by atoms with Crippen LogP contribution in [0.15, 0.2) is 46.1 Å². The number of alkyl halides is 1. The predicted molar refractivity (Wildman–Crippen MR) is 148 cm³/mol. The van der Waals surface area contributed by atoms with Gasteiger partial charge in [-0.15, -0.1) is 0 Å². The molecule has 3 atom stereocenters. The second-order valence-electron chi connectivity index (χ2n) is 9.56. The van der Waals surface area contributed by atoms with Crippen LogP contribution in [-0.2, 0) is 18.9 Å². The van der Waals surface area contributed by atoms with E-state index < -0.39 is 35.7 Å². The minimum absolute atomic E-state index is 0.0401. The number of hydrogen-bond acceptors (Lipinski definition) is 7. The number of nitrogens with one attached hydrogen (secondary N) is 1. The Bertz CT molecular complexity index is 1090. The summed E-state index contributed by atoms with van der Waals surface area (Å²) in [6.07, 6.45) is 9.78. The third-order valence-corrected chi connectivity index (χ3v) is 7.12. The summed E-state index contributed by atoms with van der Waals surface area (Å²) >= 11 is 3.47. The Morgan fingerprint density at radius 1 is 1.05 bits per heavy atom. The lowest BCUT2D eigenvalue weighted by Gasteiger charge is -2.19. The SMILES string of the molecule is Cc1cn([C@H]2C[C@H](OCOCCCCCCCCCCBr)[C@@H](COC(=O)c3ccccc3)O2)c(=O)[nH]c1=O. The van der Waals surface area contributed by atoms with Gasteiger partial charge in [-0.25, -0.2) is 9.59 Å². The second-order valence-corrected chi connectivity index (χ2v) is 10.3. The van der Waals surface area contributed by atoms with E-state index >= 15 is 0 Å². The molecular weight excluding hydrogens is 556 g/mol. The molecular formula is C28H39BrN2O7. The highest BCUT2D eigenvalue weighted by atomic mass is 79.9. The molecule has 9 nitrogen and oxygen atoms in total. The smallest absolute Gasteiger partial charge is 0.338 e. The van der Waals surface area contributed by atoms with Crippen LogP contribution in [0.2, 0.25) is 0 Å². The highest BCUT2D eigenvalue weighted by Gasteiger charge is 2.38. The quantitative estimate of drug-likeness (QED) is 0.120. The number of benzene rings is 1. The van der Waals surface area contributed by atoms with Crippen LogP contribution in [0.4, 0.5) is 0 Å². The van der Waals surface area contributed by atoms with Crippen molar-refractivity contribution in [1.29, 1.82) is 0 Å². The first kappa shape index (κ1) is 30.3. The van der Waals surface area contributed by atoms with Crippen LogP contribution < -0.4 is 11.2 Å². The summed E-state index contributed by atoms with van der Waals surface area (Å²) < 4.78 is 24.5. The van der Waals surface area contributed by atoms with Crippen LogP contribution in [0, 0.1) is 6.92 Å². The monoisotopic (exact) mass is 594 g/mol. The highest BCUT2D eigenvalue weighted by molar-refractivity contribution is 9.09. The summed E-state index contributed by atoms with van der Waals surface area (Å²) in [5.41, 5.74) is -0.166. The third kappa shape index (κ3) is 9.80. The number of carbonyl (C=O) groups excluding carboxylic acids is 1. The fourth-order valence-corrected chi connectivity index (χ4v) is 4.76. The normalized spacial score (nSPS) is 19.1. The molecule has 3 rings (SSSR count). The van der Waals surface area contributed by atoms with E-state index in [1.54, 1.807) is 31.2 Å². The molecule has 2 aromatic rings. The van der Waals surface area contributed by atoms with Crippen LogP contribution in [0.25, 0.3) is 0 Å². The van der Waals surface area contributed by atoms with Crippen LogP contribution >= 0.6 is 15.9 Å². The fourth-order valence-electron chi connectivity index (χ4n) is 4.37. The van der Waals surface area contributed by atoms with Crippen LogP contribution in [0.5, 0.6) is 0 Å². The Labute approximate surface area is 232 Å². The van der Waals surface area contributed by atoms with E-state index in [1.165, 1.54) is 49.3 Å². The molecule has 0 radical (unpaired) electrons. The minimum atomic E-state index is -0.669. The molecule has 1 saturated heterocycles. The number of aryl methyl sites for hydroxylation is 1. The molecule has 10 heteroatoms. The molecule has 1 N–H and O–H groups in total. The minimum Gasteiger partial charge on any atom is -0.459 e. The molecule has 1 fully saturated rings. The van der Waals surface area contributed by atoms with Crippen molar-refractivity contribution < 1.29 is 23.7 Å². The molecule has 38 heavy (non-hydrogen) atoms. The molecule has 1 aliphatic rings. The Kier molecular flexibility index (Phi) is 13.3. The molecule has 0 aliphatic carbocycles. The zero-order valence-corrected chi connectivity index (χ0v) is 23.7. The first-order chi connectivity index (χ1) is 18.5. The maximum absolute atomic E-state index is 12.4. The summed E-state index contributed by atoms with van der Waals surface area (Å²) in [4.78, 5) is 38.9. The van der Waals surface area contributed by atoms with Gasteiger partial charge in [-0.05, 0) is 31.9 Å². The number of H-pyrrole nitrogens is 1.